The fourth-order valence-corrected chi connectivity index (χ4v) is 1.73. The summed E-state index contributed by atoms with van der Waals surface area (Å²) in [6.07, 6.45) is 0. The van der Waals surface area contributed by atoms with Crippen molar-refractivity contribution in [3.63, 3.8) is 0 Å². The monoisotopic (exact) mass is 257 g/mol. The highest BCUT2D eigenvalue weighted by molar-refractivity contribution is 5.33. The summed E-state index contributed by atoms with van der Waals surface area (Å²) in [6.45, 7) is 1.51. The highest BCUT2D eigenvalue weighted by Gasteiger charge is 2.10. The quantitative estimate of drug-likeness (QED) is 0.816. The second kappa shape index (κ2) is 4.82. The zero-order chi connectivity index (χ0) is 14.0. The van der Waals surface area contributed by atoms with Gasteiger partial charge < -0.3 is 5.11 Å². The van der Waals surface area contributed by atoms with Crippen LogP contribution in [0.15, 0.2) is 33.9 Å². The highest BCUT2D eigenvalue weighted by Crippen LogP contribution is 2.12. The van der Waals surface area contributed by atoms with Gasteiger partial charge in [-0.1, -0.05) is 12.1 Å². The van der Waals surface area contributed by atoms with E-state index in [1.165, 1.54) is 6.92 Å². The molecule has 6 nitrogen and oxygen atoms in total. The topological polar surface area (TPSA) is 98.9 Å². The number of benzene rings is 1. The number of aromatic hydroxyl groups is 1. The van der Waals surface area contributed by atoms with Crippen LogP contribution in [0.4, 0.5) is 0 Å². The van der Waals surface area contributed by atoms with Crippen molar-refractivity contribution in [2.24, 2.45) is 0 Å². The van der Waals surface area contributed by atoms with Crippen LogP contribution in [0, 0.1) is 18.3 Å². The Kier molecular flexibility index (Phi) is 3.21. The molecule has 0 fully saturated rings. The van der Waals surface area contributed by atoms with Crippen molar-refractivity contribution >= 4 is 0 Å². The predicted octanol–water partition coefficient (Wildman–Crippen LogP) is 0.471. The number of aromatic nitrogens is 2. The standard InChI is InChI=1S/C13H11N3O3/c1-8-11(17)15-13(19)16(12(8)18)7-10-4-2-3-9(5-10)6-14/h2-5,18H,7H2,1H3,(H,15,17,19). The minimum Gasteiger partial charge on any atom is -0.494 e. The van der Waals surface area contributed by atoms with Gasteiger partial charge in [0, 0.05) is 0 Å². The lowest BCUT2D eigenvalue weighted by atomic mass is 10.1. The van der Waals surface area contributed by atoms with E-state index in [0.29, 0.717) is 11.1 Å². The second-order valence-electron chi connectivity index (χ2n) is 4.11. The fraction of sp³-hybridized carbons (Fsp3) is 0.154. The molecule has 0 spiro atoms. The molecule has 1 aromatic heterocycles. The van der Waals surface area contributed by atoms with Gasteiger partial charge in [0.05, 0.1) is 23.7 Å². The van der Waals surface area contributed by atoms with Crippen LogP contribution in [0.2, 0.25) is 0 Å². The number of nitrogens with zero attached hydrogens (tertiary/aromatic N) is 2. The highest BCUT2D eigenvalue weighted by atomic mass is 16.3. The average Bonchev–Trinajstić information content (AvgIpc) is 2.41. The third kappa shape index (κ3) is 2.40. The summed E-state index contributed by atoms with van der Waals surface area (Å²) in [4.78, 5) is 25.1. The Hall–Kier alpha value is -2.81. The predicted molar refractivity (Wildman–Crippen MR) is 68.0 cm³/mol. The minimum atomic E-state index is -0.685. The molecule has 0 atom stereocenters. The van der Waals surface area contributed by atoms with Gasteiger partial charge in [-0.05, 0) is 24.6 Å². The summed E-state index contributed by atoms with van der Waals surface area (Å²) in [7, 11) is 0. The van der Waals surface area contributed by atoms with Crippen molar-refractivity contribution in [2.45, 2.75) is 13.5 Å². The number of nitrogens with one attached hydrogen (secondary N) is 1. The lowest BCUT2D eigenvalue weighted by molar-refractivity contribution is 0.404. The molecule has 0 aliphatic heterocycles. The van der Waals surface area contributed by atoms with Crippen molar-refractivity contribution < 1.29 is 5.11 Å². The molecule has 0 unspecified atom stereocenters. The molecule has 2 rings (SSSR count). The summed E-state index contributed by atoms with van der Waals surface area (Å²) in [5.74, 6) is -0.365. The molecule has 0 aliphatic carbocycles. The first-order valence-electron chi connectivity index (χ1n) is 5.54. The van der Waals surface area contributed by atoms with Gasteiger partial charge in [0.1, 0.15) is 0 Å². The third-order valence-corrected chi connectivity index (χ3v) is 2.79. The Labute approximate surface area is 108 Å². The second-order valence-corrected chi connectivity index (χ2v) is 4.11. The normalized spacial score (nSPS) is 10.1. The SMILES string of the molecule is Cc1c(O)n(Cc2cccc(C#N)c2)c(=O)[nH]c1=O. The number of H-pyrrole nitrogens is 1. The maximum atomic E-state index is 11.7. The summed E-state index contributed by atoms with van der Waals surface area (Å²) in [5.41, 5.74) is -0.0647. The number of nitriles is 1. The molecule has 0 radical (unpaired) electrons. The molecule has 1 heterocycles. The van der Waals surface area contributed by atoms with Crippen LogP contribution < -0.4 is 11.2 Å². The van der Waals surface area contributed by atoms with Gasteiger partial charge in [-0.15, -0.1) is 0 Å². The number of hydrogen-bond acceptors (Lipinski definition) is 4. The van der Waals surface area contributed by atoms with Crippen molar-refractivity contribution in [3.8, 4) is 11.9 Å². The van der Waals surface area contributed by atoms with E-state index in [-0.39, 0.29) is 18.0 Å². The lowest BCUT2D eigenvalue weighted by Gasteiger charge is -2.09. The number of hydrogen-bond donors (Lipinski definition) is 2. The molecule has 0 saturated carbocycles. The summed E-state index contributed by atoms with van der Waals surface area (Å²) in [5, 5.41) is 18.6. The van der Waals surface area contributed by atoms with Gasteiger partial charge in [-0.2, -0.15) is 5.26 Å². The number of rotatable bonds is 2. The molecular formula is C13H11N3O3. The van der Waals surface area contributed by atoms with Crippen LogP contribution in [0.25, 0.3) is 0 Å². The molecule has 96 valence electrons. The average molecular weight is 257 g/mol. The maximum absolute atomic E-state index is 11.7. The van der Waals surface area contributed by atoms with E-state index in [4.69, 9.17) is 5.26 Å². The van der Waals surface area contributed by atoms with E-state index in [1.54, 1.807) is 24.3 Å². The van der Waals surface area contributed by atoms with E-state index in [9.17, 15) is 14.7 Å². The molecule has 0 bridgehead atoms. The Balaban J connectivity index is 2.50. The Morgan fingerprint density at radius 3 is 2.84 bits per heavy atom. The van der Waals surface area contributed by atoms with Crippen LogP contribution in [-0.4, -0.2) is 14.7 Å². The Morgan fingerprint density at radius 1 is 1.42 bits per heavy atom. The molecule has 19 heavy (non-hydrogen) atoms. The maximum Gasteiger partial charge on any atom is 0.331 e. The summed E-state index contributed by atoms with van der Waals surface area (Å²) < 4.78 is 1.05. The summed E-state index contributed by atoms with van der Waals surface area (Å²) >= 11 is 0. The molecule has 1 aromatic carbocycles. The molecule has 0 amide bonds. The van der Waals surface area contributed by atoms with Gasteiger partial charge in [0.15, 0.2) is 0 Å². The van der Waals surface area contributed by atoms with Crippen LogP contribution in [0.1, 0.15) is 16.7 Å². The Bertz CT molecular complexity index is 781. The first-order valence-corrected chi connectivity index (χ1v) is 5.54. The Morgan fingerprint density at radius 2 is 2.16 bits per heavy atom. The molecule has 6 heteroatoms. The van der Waals surface area contributed by atoms with Crippen molar-refractivity contribution in [2.75, 3.05) is 0 Å². The smallest absolute Gasteiger partial charge is 0.331 e. The van der Waals surface area contributed by atoms with E-state index in [0.717, 1.165) is 4.57 Å². The van der Waals surface area contributed by atoms with Crippen molar-refractivity contribution in [1.29, 1.82) is 5.26 Å². The molecule has 0 aliphatic rings. The zero-order valence-corrected chi connectivity index (χ0v) is 10.2. The van der Waals surface area contributed by atoms with E-state index in [2.05, 4.69) is 4.98 Å². The van der Waals surface area contributed by atoms with E-state index < -0.39 is 11.2 Å². The zero-order valence-electron chi connectivity index (χ0n) is 10.2. The van der Waals surface area contributed by atoms with Gasteiger partial charge in [0.25, 0.3) is 5.56 Å². The third-order valence-electron chi connectivity index (χ3n) is 2.79. The minimum absolute atomic E-state index is 0.0797. The van der Waals surface area contributed by atoms with Crippen LogP contribution in [-0.2, 0) is 6.54 Å². The number of aromatic amines is 1. The fourth-order valence-electron chi connectivity index (χ4n) is 1.73. The van der Waals surface area contributed by atoms with Gasteiger partial charge in [-0.3, -0.25) is 14.3 Å². The molecule has 2 N–H and O–H groups in total. The first-order chi connectivity index (χ1) is 9.02. The van der Waals surface area contributed by atoms with Crippen LogP contribution in [0.3, 0.4) is 0 Å². The largest absolute Gasteiger partial charge is 0.494 e. The first kappa shape index (κ1) is 12.6. The van der Waals surface area contributed by atoms with Crippen LogP contribution >= 0.6 is 0 Å². The van der Waals surface area contributed by atoms with Gasteiger partial charge in [-0.25, -0.2) is 4.79 Å². The van der Waals surface area contributed by atoms with Crippen LogP contribution in [0.5, 0.6) is 5.88 Å². The lowest BCUT2D eigenvalue weighted by Crippen LogP contribution is -2.31. The molecular weight excluding hydrogens is 246 g/mol. The molecule has 2 aromatic rings. The van der Waals surface area contributed by atoms with Gasteiger partial charge in [0.2, 0.25) is 5.88 Å². The van der Waals surface area contributed by atoms with Crippen molar-refractivity contribution in [3.05, 3.63) is 61.8 Å². The molecule has 0 saturated heterocycles. The van der Waals surface area contributed by atoms with E-state index >= 15 is 0 Å². The summed E-state index contributed by atoms with van der Waals surface area (Å²) in [6, 6.07) is 8.67. The van der Waals surface area contributed by atoms with Crippen molar-refractivity contribution in [1.82, 2.24) is 9.55 Å². The van der Waals surface area contributed by atoms with Gasteiger partial charge >= 0.3 is 5.69 Å². The van der Waals surface area contributed by atoms with E-state index in [1.807, 2.05) is 6.07 Å².